The molecule has 1 atom stereocenters. The first kappa shape index (κ1) is 11.3. The highest BCUT2D eigenvalue weighted by atomic mass is 35.5. The Kier molecular flexibility index (Phi) is 5.19. The molecule has 0 heterocycles. The molecule has 11 heavy (non-hydrogen) atoms. The molecule has 0 aliphatic rings. The molecule has 0 radical (unpaired) electrons. The van der Waals surface area contributed by atoms with Crippen LogP contribution in [0.4, 0.5) is 0 Å². The lowest BCUT2D eigenvalue weighted by atomic mass is 11.0. The number of hydrogen-bond acceptors (Lipinski definition) is 3. The van der Waals surface area contributed by atoms with Crippen molar-refractivity contribution in [1.29, 1.82) is 0 Å². The van der Waals surface area contributed by atoms with E-state index in [0.29, 0.717) is 0 Å². The third-order valence-electron chi connectivity index (χ3n) is 0.968. The van der Waals surface area contributed by atoms with Gasteiger partial charge in [-0.2, -0.15) is 0 Å². The largest absolute Gasteiger partial charge is 0.430 e. The normalized spacial score (nSPS) is 15.3. The summed E-state index contributed by atoms with van der Waals surface area (Å²) in [5, 5.41) is 0. The molecule has 0 saturated carbocycles. The van der Waals surface area contributed by atoms with Gasteiger partial charge in [0.2, 0.25) is 0 Å². The zero-order valence-corrected chi connectivity index (χ0v) is 8.62. The SMILES string of the molecule is CCP(=O)(OC)OC=C(Cl)Cl. The van der Waals surface area contributed by atoms with E-state index in [9.17, 15) is 4.57 Å². The third-order valence-corrected chi connectivity index (χ3v) is 2.90. The molecule has 66 valence electrons. The first-order valence-corrected chi connectivity index (χ1v) is 5.37. The molecule has 0 fully saturated rings. The van der Waals surface area contributed by atoms with E-state index in [2.05, 4.69) is 4.52 Å². The minimum atomic E-state index is -2.98. The van der Waals surface area contributed by atoms with Crippen LogP contribution in [0.5, 0.6) is 0 Å². The lowest BCUT2D eigenvalue weighted by molar-refractivity contribution is 0.300. The van der Waals surface area contributed by atoms with Gasteiger partial charge in [-0.3, -0.25) is 0 Å². The molecule has 0 spiro atoms. The van der Waals surface area contributed by atoms with Crippen LogP contribution >= 0.6 is 30.8 Å². The Labute approximate surface area is 75.8 Å². The van der Waals surface area contributed by atoms with Gasteiger partial charge in [-0.05, 0) is 0 Å². The van der Waals surface area contributed by atoms with Crippen LogP contribution in [0.15, 0.2) is 10.8 Å². The van der Waals surface area contributed by atoms with Crippen molar-refractivity contribution in [2.75, 3.05) is 13.3 Å². The standard InChI is InChI=1S/C5H9Cl2O3P/c1-3-11(8,9-2)10-4-5(6)7/h4H,3H2,1-2H3. The van der Waals surface area contributed by atoms with Crippen LogP contribution < -0.4 is 0 Å². The molecular formula is C5H9Cl2O3P. The van der Waals surface area contributed by atoms with Crippen LogP contribution in [0.25, 0.3) is 0 Å². The second-order valence-corrected chi connectivity index (χ2v) is 5.06. The van der Waals surface area contributed by atoms with Crippen LogP contribution in [-0.4, -0.2) is 13.3 Å². The molecule has 0 aliphatic heterocycles. The summed E-state index contributed by atoms with van der Waals surface area (Å²) in [6, 6.07) is 0. The highest BCUT2D eigenvalue weighted by molar-refractivity contribution is 7.53. The van der Waals surface area contributed by atoms with Gasteiger partial charge in [0.05, 0.1) is 6.16 Å². The Morgan fingerprint density at radius 1 is 1.64 bits per heavy atom. The van der Waals surface area contributed by atoms with Gasteiger partial charge in [-0.1, -0.05) is 30.1 Å². The molecule has 0 aliphatic carbocycles. The molecular weight excluding hydrogens is 210 g/mol. The summed E-state index contributed by atoms with van der Waals surface area (Å²) < 4.78 is 20.5. The fourth-order valence-corrected chi connectivity index (χ4v) is 1.34. The van der Waals surface area contributed by atoms with E-state index in [-0.39, 0.29) is 10.7 Å². The van der Waals surface area contributed by atoms with Gasteiger partial charge in [0.25, 0.3) is 0 Å². The maximum Gasteiger partial charge on any atom is 0.378 e. The molecule has 3 nitrogen and oxygen atoms in total. The van der Waals surface area contributed by atoms with E-state index in [1.165, 1.54) is 7.11 Å². The first-order chi connectivity index (χ1) is 5.04. The third kappa shape index (κ3) is 4.70. The van der Waals surface area contributed by atoms with E-state index in [0.717, 1.165) is 6.26 Å². The summed E-state index contributed by atoms with van der Waals surface area (Å²) in [4.78, 5) is 0. The molecule has 0 aromatic heterocycles. The summed E-state index contributed by atoms with van der Waals surface area (Å²) in [6.07, 6.45) is 1.28. The lowest BCUT2D eigenvalue weighted by Crippen LogP contribution is -1.89. The van der Waals surface area contributed by atoms with Gasteiger partial charge in [0, 0.05) is 7.11 Å². The smallest absolute Gasteiger partial charge is 0.378 e. The fraction of sp³-hybridized carbons (Fsp3) is 0.600. The molecule has 0 aromatic rings. The predicted octanol–water partition coefficient (Wildman–Crippen LogP) is 3.14. The van der Waals surface area contributed by atoms with Crippen molar-refractivity contribution < 1.29 is 13.6 Å². The molecule has 6 heteroatoms. The van der Waals surface area contributed by atoms with Crippen LogP contribution in [-0.2, 0) is 13.6 Å². The second-order valence-electron chi connectivity index (χ2n) is 1.62. The Balaban J connectivity index is 4.10. The Morgan fingerprint density at radius 3 is 2.45 bits per heavy atom. The summed E-state index contributed by atoms with van der Waals surface area (Å²) in [5.41, 5.74) is 0. The summed E-state index contributed by atoms with van der Waals surface area (Å²) in [6.45, 7) is 1.68. The van der Waals surface area contributed by atoms with E-state index in [1.807, 2.05) is 0 Å². The number of rotatable bonds is 4. The Bertz CT molecular complexity index is 180. The zero-order chi connectivity index (χ0) is 8.91. The maximum absolute atomic E-state index is 11.2. The van der Waals surface area contributed by atoms with Gasteiger partial charge in [0.1, 0.15) is 10.8 Å². The Hall–Kier alpha value is 0.310. The zero-order valence-electron chi connectivity index (χ0n) is 6.21. The van der Waals surface area contributed by atoms with Gasteiger partial charge < -0.3 is 9.05 Å². The van der Waals surface area contributed by atoms with Crippen molar-refractivity contribution in [1.82, 2.24) is 0 Å². The Morgan fingerprint density at radius 2 is 2.18 bits per heavy atom. The number of halogens is 2. The molecule has 0 N–H and O–H groups in total. The monoisotopic (exact) mass is 218 g/mol. The minimum Gasteiger partial charge on any atom is -0.430 e. The van der Waals surface area contributed by atoms with Gasteiger partial charge in [0.15, 0.2) is 0 Å². The molecule has 0 rings (SSSR count). The fourth-order valence-electron chi connectivity index (χ4n) is 0.367. The molecule has 0 amide bonds. The topological polar surface area (TPSA) is 35.5 Å². The predicted molar refractivity (Wildman–Crippen MR) is 46.0 cm³/mol. The maximum atomic E-state index is 11.2. The van der Waals surface area contributed by atoms with E-state index < -0.39 is 7.60 Å². The van der Waals surface area contributed by atoms with Crippen LogP contribution in [0, 0.1) is 0 Å². The number of hydrogen-bond donors (Lipinski definition) is 0. The van der Waals surface area contributed by atoms with E-state index >= 15 is 0 Å². The quantitative estimate of drug-likeness (QED) is 0.538. The molecule has 0 bridgehead atoms. The van der Waals surface area contributed by atoms with Crippen molar-refractivity contribution in [3.8, 4) is 0 Å². The highest BCUT2D eigenvalue weighted by Crippen LogP contribution is 2.47. The van der Waals surface area contributed by atoms with Crippen molar-refractivity contribution in [2.45, 2.75) is 6.92 Å². The average Bonchev–Trinajstić information content (AvgIpc) is 2.00. The van der Waals surface area contributed by atoms with Crippen molar-refractivity contribution in [2.24, 2.45) is 0 Å². The van der Waals surface area contributed by atoms with Gasteiger partial charge >= 0.3 is 7.60 Å². The summed E-state index contributed by atoms with van der Waals surface area (Å²) >= 11 is 10.4. The minimum absolute atomic E-state index is 0.0873. The second kappa shape index (κ2) is 5.04. The van der Waals surface area contributed by atoms with Gasteiger partial charge in [-0.15, -0.1) is 0 Å². The van der Waals surface area contributed by atoms with E-state index in [4.69, 9.17) is 27.7 Å². The van der Waals surface area contributed by atoms with Crippen LogP contribution in [0.2, 0.25) is 0 Å². The average molecular weight is 219 g/mol. The molecule has 0 saturated heterocycles. The van der Waals surface area contributed by atoms with Crippen molar-refractivity contribution in [3.05, 3.63) is 10.8 Å². The molecule has 0 aromatic carbocycles. The van der Waals surface area contributed by atoms with Crippen molar-refractivity contribution in [3.63, 3.8) is 0 Å². The molecule has 1 unspecified atom stereocenters. The summed E-state index contributed by atoms with van der Waals surface area (Å²) in [7, 11) is -1.67. The lowest BCUT2D eigenvalue weighted by Gasteiger charge is -2.11. The van der Waals surface area contributed by atoms with Crippen LogP contribution in [0.3, 0.4) is 0 Å². The highest BCUT2D eigenvalue weighted by Gasteiger charge is 2.18. The van der Waals surface area contributed by atoms with E-state index in [1.54, 1.807) is 6.92 Å². The first-order valence-electron chi connectivity index (χ1n) is 2.88. The van der Waals surface area contributed by atoms with Gasteiger partial charge in [-0.25, -0.2) is 4.57 Å². The van der Waals surface area contributed by atoms with Crippen LogP contribution in [0.1, 0.15) is 6.92 Å². The summed E-state index contributed by atoms with van der Waals surface area (Å²) in [5.74, 6) is 0. The van der Waals surface area contributed by atoms with Crippen molar-refractivity contribution >= 4 is 30.8 Å².